The molecule has 0 spiro atoms. The van der Waals surface area contributed by atoms with Crippen LogP contribution in [0.3, 0.4) is 0 Å². The molecule has 128 valence electrons. The summed E-state index contributed by atoms with van der Waals surface area (Å²) in [6.07, 6.45) is 4.46. The minimum atomic E-state index is -0.207. The number of furan rings is 1. The molecule has 1 amide bonds. The zero-order valence-electron chi connectivity index (χ0n) is 13.4. The van der Waals surface area contributed by atoms with E-state index in [9.17, 15) is 9.90 Å². The number of carbonyl (C=O) groups excluding carboxylic acids is 1. The molecule has 6 nitrogen and oxygen atoms in total. The molecule has 24 heavy (non-hydrogen) atoms. The Morgan fingerprint density at radius 3 is 2.79 bits per heavy atom. The van der Waals surface area contributed by atoms with Crippen molar-refractivity contribution in [3.8, 4) is 10.8 Å². The van der Waals surface area contributed by atoms with Crippen molar-refractivity contribution in [1.29, 1.82) is 0 Å². The van der Waals surface area contributed by atoms with Crippen LogP contribution in [-0.4, -0.2) is 64.1 Å². The molecule has 3 heterocycles. The van der Waals surface area contributed by atoms with Gasteiger partial charge in [0, 0.05) is 37.6 Å². The lowest BCUT2D eigenvalue weighted by molar-refractivity contribution is 0.0313. The summed E-state index contributed by atoms with van der Waals surface area (Å²) in [5.74, 6) is 0.676. The SMILES string of the molecule is O=C(c1csc(-c2ccco2)n1)N1CCN([C@H]2CCC[C@H]2O)CC1. The highest BCUT2D eigenvalue weighted by atomic mass is 32.1. The molecule has 4 rings (SSSR count). The summed E-state index contributed by atoms with van der Waals surface area (Å²) in [5.41, 5.74) is 0.487. The van der Waals surface area contributed by atoms with Gasteiger partial charge < -0.3 is 14.4 Å². The lowest BCUT2D eigenvalue weighted by atomic mass is 10.1. The third-order valence-corrected chi connectivity index (χ3v) is 5.83. The number of rotatable bonds is 3. The average molecular weight is 347 g/mol. The van der Waals surface area contributed by atoms with Crippen LogP contribution in [0.2, 0.25) is 0 Å². The van der Waals surface area contributed by atoms with E-state index >= 15 is 0 Å². The van der Waals surface area contributed by atoms with Gasteiger partial charge in [0.1, 0.15) is 5.69 Å². The molecule has 2 aromatic rings. The van der Waals surface area contributed by atoms with Crippen LogP contribution >= 0.6 is 11.3 Å². The smallest absolute Gasteiger partial charge is 0.273 e. The number of aromatic nitrogens is 1. The first-order valence-electron chi connectivity index (χ1n) is 8.43. The van der Waals surface area contributed by atoms with E-state index in [2.05, 4.69) is 9.88 Å². The third-order valence-electron chi connectivity index (χ3n) is 4.97. The fourth-order valence-corrected chi connectivity index (χ4v) is 4.41. The van der Waals surface area contributed by atoms with Crippen LogP contribution in [0.15, 0.2) is 28.2 Å². The summed E-state index contributed by atoms with van der Waals surface area (Å²) in [6.45, 7) is 3.02. The Bertz CT molecular complexity index is 692. The Balaban J connectivity index is 1.38. The third kappa shape index (κ3) is 2.99. The van der Waals surface area contributed by atoms with Crippen LogP contribution in [-0.2, 0) is 0 Å². The molecule has 1 saturated heterocycles. The summed E-state index contributed by atoms with van der Waals surface area (Å²) in [6, 6.07) is 3.93. The van der Waals surface area contributed by atoms with Crippen molar-refractivity contribution in [3.63, 3.8) is 0 Å². The first-order valence-corrected chi connectivity index (χ1v) is 9.31. The van der Waals surface area contributed by atoms with Crippen LogP contribution in [0, 0.1) is 0 Å². The minimum Gasteiger partial charge on any atom is -0.462 e. The molecule has 1 aliphatic carbocycles. The fourth-order valence-electron chi connectivity index (χ4n) is 3.65. The molecule has 0 unspecified atom stereocenters. The van der Waals surface area contributed by atoms with Gasteiger partial charge in [0.05, 0.1) is 12.4 Å². The Labute approximate surface area is 144 Å². The summed E-state index contributed by atoms with van der Waals surface area (Å²) in [5, 5.41) is 12.6. The van der Waals surface area contributed by atoms with Crippen molar-refractivity contribution in [2.45, 2.75) is 31.4 Å². The zero-order valence-corrected chi connectivity index (χ0v) is 14.2. The second-order valence-electron chi connectivity index (χ2n) is 6.41. The van der Waals surface area contributed by atoms with Gasteiger partial charge in [0.15, 0.2) is 10.8 Å². The molecule has 0 radical (unpaired) electrons. The molecule has 1 N–H and O–H groups in total. The van der Waals surface area contributed by atoms with E-state index < -0.39 is 0 Å². The van der Waals surface area contributed by atoms with Gasteiger partial charge in [0.2, 0.25) is 0 Å². The van der Waals surface area contributed by atoms with Gasteiger partial charge in [-0.3, -0.25) is 9.69 Å². The number of aliphatic hydroxyl groups excluding tert-OH is 1. The van der Waals surface area contributed by atoms with Gasteiger partial charge in [-0.2, -0.15) is 0 Å². The number of amides is 1. The number of thiazole rings is 1. The summed E-state index contributed by atoms with van der Waals surface area (Å²) in [4.78, 5) is 21.3. The molecule has 0 bridgehead atoms. The Morgan fingerprint density at radius 1 is 1.29 bits per heavy atom. The number of aliphatic hydroxyl groups is 1. The highest BCUT2D eigenvalue weighted by Gasteiger charge is 2.33. The fraction of sp³-hybridized carbons (Fsp3) is 0.529. The zero-order chi connectivity index (χ0) is 16.5. The van der Waals surface area contributed by atoms with Crippen LogP contribution in [0.25, 0.3) is 10.8 Å². The van der Waals surface area contributed by atoms with Crippen molar-refractivity contribution in [2.24, 2.45) is 0 Å². The topological polar surface area (TPSA) is 69.8 Å². The second kappa shape index (κ2) is 6.66. The van der Waals surface area contributed by atoms with E-state index in [4.69, 9.17) is 4.42 Å². The van der Waals surface area contributed by atoms with Crippen LogP contribution in [0.4, 0.5) is 0 Å². The maximum atomic E-state index is 12.6. The normalized spacial score (nSPS) is 25.3. The predicted molar refractivity (Wildman–Crippen MR) is 90.9 cm³/mol. The van der Waals surface area contributed by atoms with E-state index in [1.165, 1.54) is 11.3 Å². The van der Waals surface area contributed by atoms with E-state index in [0.29, 0.717) is 24.5 Å². The molecular formula is C17H21N3O3S. The van der Waals surface area contributed by atoms with Gasteiger partial charge >= 0.3 is 0 Å². The van der Waals surface area contributed by atoms with Crippen LogP contribution in [0.5, 0.6) is 0 Å². The van der Waals surface area contributed by atoms with Crippen molar-refractivity contribution in [2.75, 3.05) is 26.2 Å². The highest BCUT2D eigenvalue weighted by Crippen LogP contribution is 2.27. The molecular weight excluding hydrogens is 326 g/mol. The molecule has 1 saturated carbocycles. The quantitative estimate of drug-likeness (QED) is 0.920. The molecule has 1 aliphatic heterocycles. The highest BCUT2D eigenvalue weighted by molar-refractivity contribution is 7.13. The van der Waals surface area contributed by atoms with Crippen molar-refractivity contribution < 1.29 is 14.3 Å². The lowest BCUT2D eigenvalue weighted by Gasteiger charge is -2.38. The summed E-state index contributed by atoms with van der Waals surface area (Å²) < 4.78 is 5.33. The van der Waals surface area contributed by atoms with Crippen LogP contribution in [0.1, 0.15) is 29.8 Å². The van der Waals surface area contributed by atoms with E-state index in [0.717, 1.165) is 37.4 Å². The molecule has 2 fully saturated rings. The predicted octanol–water partition coefficient (Wildman–Crippen LogP) is 2.07. The lowest BCUT2D eigenvalue weighted by Crippen LogP contribution is -2.53. The monoisotopic (exact) mass is 347 g/mol. The number of carbonyl (C=O) groups is 1. The van der Waals surface area contributed by atoms with Gasteiger partial charge in [0.25, 0.3) is 5.91 Å². The molecule has 2 aromatic heterocycles. The largest absolute Gasteiger partial charge is 0.462 e. The van der Waals surface area contributed by atoms with Gasteiger partial charge in [-0.05, 0) is 31.4 Å². The minimum absolute atomic E-state index is 0.0179. The first kappa shape index (κ1) is 15.8. The van der Waals surface area contributed by atoms with Crippen molar-refractivity contribution >= 4 is 17.2 Å². The number of piperazine rings is 1. The molecule has 0 aromatic carbocycles. The number of nitrogens with zero attached hydrogens (tertiary/aromatic N) is 3. The van der Waals surface area contributed by atoms with Gasteiger partial charge in [-0.15, -0.1) is 11.3 Å². The van der Waals surface area contributed by atoms with Crippen molar-refractivity contribution in [1.82, 2.24) is 14.8 Å². The van der Waals surface area contributed by atoms with Crippen molar-refractivity contribution in [3.05, 3.63) is 29.5 Å². The average Bonchev–Trinajstić information content (AvgIpc) is 3.35. The van der Waals surface area contributed by atoms with E-state index in [1.807, 2.05) is 17.0 Å². The molecule has 2 atom stereocenters. The van der Waals surface area contributed by atoms with Crippen LogP contribution < -0.4 is 0 Å². The maximum Gasteiger partial charge on any atom is 0.273 e. The Hall–Kier alpha value is -1.70. The summed E-state index contributed by atoms with van der Waals surface area (Å²) >= 11 is 1.43. The van der Waals surface area contributed by atoms with Gasteiger partial charge in [-0.1, -0.05) is 0 Å². The summed E-state index contributed by atoms with van der Waals surface area (Å²) in [7, 11) is 0. The number of hydrogen-bond donors (Lipinski definition) is 1. The second-order valence-corrected chi connectivity index (χ2v) is 7.27. The number of hydrogen-bond acceptors (Lipinski definition) is 6. The van der Waals surface area contributed by atoms with E-state index in [-0.39, 0.29) is 18.1 Å². The first-order chi connectivity index (χ1) is 11.7. The van der Waals surface area contributed by atoms with E-state index in [1.54, 1.807) is 11.6 Å². The molecule has 7 heteroatoms. The Morgan fingerprint density at radius 2 is 2.12 bits per heavy atom. The standard InChI is InChI=1S/C17H21N3O3S/c21-14-4-1-3-13(14)19-6-8-20(9-7-19)17(22)12-11-24-16(18-12)15-5-2-10-23-15/h2,5,10-11,13-14,21H,1,3-4,6-9H2/t13-,14+/m0/s1. The van der Waals surface area contributed by atoms with Gasteiger partial charge in [-0.25, -0.2) is 4.98 Å². The Kier molecular flexibility index (Phi) is 4.39. The maximum absolute atomic E-state index is 12.6. The molecule has 2 aliphatic rings.